The first-order chi connectivity index (χ1) is 9.06. The van der Waals surface area contributed by atoms with E-state index in [1.54, 1.807) is 19.9 Å². The highest BCUT2D eigenvalue weighted by Crippen LogP contribution is 2.21. The summed E-state index contributed by atoms with van der Waals surface area (Å²) < 4.78 is 5.09. The Morgan fingerprint density at radius 3 is 2.89 bits per heavy atom. The van der Waals surface area contributed by atoms with E-state index >= 15 is 0 Å². The number of aliphatic hydroxyl groups excluding tert-OH is 1. The summed E-state index contributed by atoms with van der Waals surface area (Å²) >= 11 is 0. The Balaban J connectivity index is 2.43. The van der Waals surface area contributed by atoms with E-state index in [4.69, 9.17) is 9.63 Å². The molecule has 0 saturated carbocycles. The molecule has 0 aliphatic heterocycles. The molecule has 6 nitrogen and oxygen atoms in total. The van der Waals surface area contributed by atoms with Crippen molar-refractivity contribution < 1.29 is 14.4 Å². The average Bonchev–Trinajstić information content (AvgIpc) is 2.76. The molecule has 0 aliphatic rings. The lowest BCUT2D eigenvalue weighted by Crippen LogP contribution is -2.37. The minimum atomic E-state index is -0.254. The molecule has 0 bridgehead atoms. The van der Waals surface area contributed by atoms with Gasteiger partial charge in [0.15, 0.2) is 0 Å². The van der Waals surface area contributed by atoms with Crippen molar-refractivity contribution in [2.75, 3.05) is 6.61 Å². The minimum absolute atomic E-state index is 0.0853. The van der Waals surface area contributed by atoms with Crippen molar-refractivity contribution in [3.05, 3.63) is 23.0 Å². The van der Waals surface area contributed by atoms with Crippen molar-refractivity contribution in [1.82, 2.24) is 15.5 Å². The summed E-state index contributed by atoms with van der Waals surface area (Å²) in [5, 5.41) is 16.4. The fourth-order valence-corrected chi connectivity index (χ4v) is 1.94. The number of pyridine rings is 1. The Kier molecular flexibility index (Phi) is 3.80. The molecule has 0 fully saturated rings. The zero-order chi connectivity index (χ0) is 14.0. The summed E-state index contributed by atoms with van der Waals surface area (Å²) in [5.74, 6) is -0.247. The van der Waals surface area contributed by atoms with E-state index in [-0.39, 0.29) is 18.6 Å². The topological polar surface area (TPSA) is 88.2 Å². The second kappa shape index (κ2) is 5.36. The number of fused-ring (bicyclic) bond motifs is 1. The van der Waals surface area contributed by atoms with Crippen LogP contribution in [0.2, 0.25) is 0 Å². The van der Waals surface area contributed by atoms with Crippen LogP contribution >= 0.6 is 0 Å². The molecule has 2 N–H and O–H groups in total. The molecule has 0 aliphatic carbocycles. The van der Waals surface area contributed by atoms with Crippen LogP contribution in [0.1, 0.15) is 35.1 Å². The zero-order valence-corrected chi connectivity index (χ0v) is 11.2. The van der Waals surface area contributed by atoms with Crippen molar-refractivity contribution in [2.24, 2.45) is 0 Å². The van der Waals surface area contributed by atoms with Crippen LogP contribution in [0.15, 0.2) is 10.6 Å². The number of carbonyl (C=O) groups is 1. The Bertz CT molecular complexity index is 602. The lowest BCUT2D eigenvalue weighted by Gasteiger charge is -2.14. The van der Waals surface area contributed by atoms with Gasteiger partial charge in [0, 0.05) is 5.69 Å². The van der Waals surface area contributed by atoms with Crippen LogP contribution in [0.4, 0.5) is 0 Å². The van der Waals surface area contributed by atoms with Crippen LogP contribution in [0, 0.1) is 13.8 Å². The van der Waals surface area contributed by atoms with Gasteiger partial charge < -0.3 is 14.9 Å². The molecule has 0 unspecified atom stereocenters. The SMILES string of the molecule is CC[C@H](CO)NC(=O)c1cc(C)nc2onc(C)c12. The lowest BCUT2D eigenvalue weighted by atomic mass is 10.1. The van der Waals surface area contributed by atoms with E-state index in [2.05, 4.69) is 15.5 Å². The van der Waals surface area contributed by atoms with Gasteiger partial charge in [0.2, 0.25) is 0 Å². The summed E-state index contributed by atoms with van der Waals surface area (Å²) in [6.07, 6.45) is 0.665. The third-order valence-corrected chi connectivity index (χ3v) is 3.04. The molecule has 2 aromatic rings. The van der Waals surface area contributed by atoms with Crippen molar-refractivity contribution >= 4 is 17.0 Å². The van der Waals surface area contributed by atoms with Crippen LogP contribution in [0.5, 0.6) is 0 Å². The van der Waals surface area contributed by atoms with Crippen LogP contribution in [-0.4, -0.2) is 33.8 Å². The van der Waals surface area contributed by atoms with Gasteiger partial charge in [-0.25, -0.2) is 4.98 Å². The molecule has 1 amide bonds. The maximum atomic E-state index is 12.3. The first-order valence-corrected chi connectivity index (χ1v) is 6.22. The van der Waals surface area contributed by atoms with Crippen LogP contribution < -0.4 is 5.32 Å². The molecule has 2 rings (SSSR count). The smallest absolute Gasteiger partial charge is 0.258 e. The van der Waals surface area contributed by atoms with Gasteiger partial charge in [-0.1, -0.05) is 12.1 Å². The molecule has 102 valence electrons. The fourth-order valence-electron chi connectivity index (χ4n) is 1.94. The minimum Gasteiger partial charge on any atom is -0.394 e. The molecule has 19 heavy (non-hydrogen) atoms. The van der Waals surface area contributed by atoms with E-state index in [9.17, 15) is 4.79 Å². The second-order valence-corrected chi connectivity index (χ2v) is 4.52. The van der Waals surface area contributed by atoms with Gasteiger partial charge in [-0.2, -0.15) is 0 Å². The van der Waals surface area contributed by atoms with Crippen LogP contribution in [-0.2, 0) is 0 Å². The van der Waals surface area contributed by atoms with E-state index in [0.717, 1.165) is 0 Å². The monoisotopic (exact) mass is 263 g/mol. The van der Waals surface area contributed by atoms with Gasteiger partial charge in [-0.05, 0) is 26.3 Å². The van der Waals surface area contributed by atoms with E-state index in [1.165, 1.54) is 0 Å². The molecule has 1 atom stereocenters. The summed E-state index contributed by atoms with van der Waals surface area (Å²) in [4.78, 5) is 16.5. The number of carbonyl (C=O) groups excluding carboxylic acids is 1. The molecule has 0 aromatic carbocycles. The van der Waals surface area contributed by atoms with Gasteiger partial charge in [-0.15, -0.1) is 0 Å². The molecule has 0 saturated heterocycles. The Labute approximate surface area is 110 Å². The number of hydrogen-bond donors (Lipinski definition) is 2. The van der Waals surface area contributed by atoms with Crippen molar-refractivity contribution in [3.8, 4) is 0 Å². The molecular formula is C13H17N3O3. The second-order valence-electron chi connectivity index (χ2n) is 4.52. The van der Waals surface area contributed by atoms with E-state index < -0.39 is 0 Å². The van der Waals surface area contributed by atoms with Crippen molar-refractivity contribution in [1.29, 1.82) is 0 Å². The van der Waals surface area contributed by atoms with Gasteiger partial charge in [0.05, 0.1) is 29.3 Å². The van der Waals surface area contributed by atoms with Crippen LogP contribution in [0.3, 0.4) is 0 Å². The highest BCUT2D eigenvalue weighted by atomic mass is 16.5. The third-order valence-electron chi connectivity index (χ3n) is 3.04. The molecule has 0 spiro atoms. The van der Waals surface area contributed by atoms with Gasteiger partial charge in [-0.3, -0.25) is 4.79 Å². The maximum Gasteiger partial charge on any atom is 0.258 e. The summed E-state index contributed by atoms with van der Waals surface area (Å²) in [6.45, 7) is 5.37. The zero-order valence-electron chi connectivity index (χ0n) is 11.2. The Morgan fingerprint density at radius 2 is 2.26 bits per heavy atom. The first kappa shape index (κ1) is 13.5. The lowest BCUT2D eigenvalue weighted by molar-refractivity contribution is 0.0916. The molecule has 6 heteroatoms. The number of aliphatic hydroxyl groups is 1. The Morgan fingerprint density at radius 1 is 1.53 bits per heavy atom. The van der Waals surface area contributed by atoms with Crippen LogP contribution in [0.25, 0.3) is 11.1 Å². The highest BCUT2D eigenvalue weighted by molar-refractivity contribution is 6.06. The average molecular weight is 263 g/mol. The standard InChI is InChI=1S/C13H17N3O3/c1-4-9(6-17)15-12(18)10-5-7(2)14-13-11(10)8(3)16-19-13/h5,9,17H,4,6H2,1-3H3,(H,15,18)/t9-/m1/s1. The molecule has 2 aromatic heterocycles. The van der Waals surface area contributed by atoms with Gasteiger partial charge >= 0.3 is 0 Å². The number of nitrogens with one attached hydrogen (secondary N) is 1. The normalized spacial score (nSPS) is 12.6. The first-order valence-electron chi connectivity index (χ1n) is 6.22. The molecule has 2 heterocycles. The predicted octanol–water partition coefficient (Wildman–Crippen LogP) is 1.34. The predicted molar refractivity (Wildman–Crippen MR) is 69.9 cm³/mol. The number of amides is 1. The van der Waals surface area contributed by atoms with Gasteiger partial charge in [0.25, 0.3) is 11.6 Å². The van der Waals surface area contributed by atoms with Crippen molar-refractivity contribution in [3.63, 3.8) is 0 Å². The number of rotatable bonds is 4. The number of nitrogens with zero attached hydrogens (tertiary/aromatic N) is 2. The highest BCUT2D eigenvalue weighted by Gasteiger charge is 2.19. The number of aromatic nitrogens is 2. The quantitative estimate of drug-likeness (QED) is 0.869. The van der Waals surface area contributed by atoms with Crippen molar-refractivity contribution in [2.45, 2.75) is 33.2 Å². The van der Waals surface area contributed by atoms with Gasteiger partial charge in [0.1, 0.15) is 0 Å². The Hall–Kier alpha value is -1.95. The third kappa shape index (κ3) is 2.58. The summed E-state index contributed by atoms with van der Waals surface area (Å²) in [7, 11) is 0. The molecule has 0 radical (unpaired) electrons. The van der Waals surface area contributed by atoms with E-state index in [0.29, 0.717) is 34.5 Å². The maximum absolute atomic E-state index is 12.3. The summed E-state index contributed by atoms with van der Waals surface area (Å²) in [6, 6.07) is 1.45. The largest absolute Gasteiger partial charge is 0.394 e. The fraction of sp³-hybridized carbons (Fsp3) is 0.462. The van der Waals surface area contributed by atoms with E-state index in [1.807, 2.05) is 6.92 Å². The number of hydrogen-bond acceptors (Lipinski definition) is 5. The summed E-state index contributed by atoms with van der Waals surface area (Å²) in [5.41, 5.74) is 2.16. The number of aryl methyl sites for hydroxylation is 2. The molecular weight excluding hydrogens is 246 g/mol.